The summed E-state index contributed by atoms with van der Waals surface area (Å²) in [5.74, 6) is 0. The van der Waals surface area contributed by atoms with Crippen LogP contribution in [-0.2, 0) is 4.84 Å². The van der Waals surface area contributed by atoms with E-state index >= 15 is 0 Å². The molecule has 0 amide bonds. The molecule has 0 aliphatic carbocycles. The largest absolute Gasteiger partial charge is 0.569 e. The van der Waals surface area contributed by atoms with Crippen LogP contribution in [0.1, 0.15) is 20.8 Å². The van der Waals surface area contributed by atoms with Gasteiger partial charge < -0.3 is 15.2 Å². The summed E-state index contributed by atoms with van der Waals surface area (Å²) >= 11 is 0. The highest BCUT2D eigenvalue weighted by Crippen LogP contribution is 1.91. The first kappa shape index (κ1) is 12.0. The van der Waals surface area contributed by atoms with Crippen molar-refractivity contribution in [2.24, 2.45) is 5.28 Å². The Kier molecular flexibility index (Phi) is 5.96. The molecule has 0 heterocycles. The predicted octanol–water partition coefficient (Wildman–Crippen LogP) is 0.518. The molecule has 1 N–H and O–H groups in total. The van der Waals surface area contributed by atoms with E-state index in [4.69, 9.17) is 5.11 Å². The van der Waals surface area contributed by atoms with Gasteiger partial charge in [-0.1, -0.05) is 0 Å². The summed E-state index contributed by atoms with van der Waals surface area (Å²) in [6.45, 7) is 6.42. The molecule has 0 rings (SSSR count). The first-order chi connectivity index (χ1) is 6.11. The van der Waals surface area contributed by atoms with Crippen LogP contribution in [0.4, 0.5) is 0 Å². The number of hydrazine groups is 1. The van der Waals surface area contributed by atoms with Gasteiger partial charge in [0, 0.05) is 0 Å². The van der Waals surface area contributed by atoms with Crippen LogP contribution in [-0.4, -0.2) is 40.9 Å². The average molecular weight is 191 g/mol. The van der Waals surface area contributed by atoms with E-state index in [2.05, 4.69) is 10.1 Å². The van der Waals surface area contributed by atoms with Crippen molar-refractivity contribution in [3.8, 4) is 0 Å². The third kappa shape index (κ3) is 5.24. The molecule has 0 spiro atoms. The molecule has 0 radical (unpaired) electrons. The number of aliphatic hydroxyl groups excluding tert-OH is 1. The molecule has 0 saturated heterocycles. The van der Waals surface area contributed by atoms with E-state index in [0.29, 0.717) is 18.1 Å². The number of aliphatic hydroxyl groups is 1. The van der Waals surface area contributed by atoms with E-state index in [9.17, 15) is 5.21 Å². The molecule has 1 unspecified atom stereocenters. The molecule has 78 valence electrons. The van der Waals surface area contributed by atoms with Gasteiger partial charge in [0.15, 0.2) is 0 Å². The molecule has 0 aromatic rings. The minimum atomic E-state index is -0.617. The van der Waals surface area contributed by atoms with Crippen molar-refractivity contribution in [1.82, 2.24) is 5.01 Å². The van der Waals surface area contributed by atoms with Gasteiger partial charge in [-0.15, -0.1) is 5.01 Å². The van der Waals surface area contributed by atoms with Crippen LogP contribution in [0.2, 0.25) is 0 Å². The zero-order chi connectivity index (χ0) is 10.3. The summed E-state index contributed by atoms with van der Waals surface area (Å²) in [6, 6.07) is 0. The lowest BCUT2D eigenvalue weighted by atomic mass is 10.5. The molecule has 0 aromatic heterocycles. The van der Waals surface area contributed by atoms with Crippen molar-refractivity contribution < 1.29 is 14.9 Å². The summed E-state index contributed by atoms with van der Waals surface area (Å²) in [6.07, 6.45) is -0.617. The van der Waals surface area contributed by atoms with Crippen molar-refractivity contribution in [3.63, 3.8) is 0 Å². The van der Waals surface area contributed by atoms with Crippen LogP contribution in [0.5, 0.6) is 0 Å². The van der Waals surface area contributed by atoms with Crippen molar-refractivity contribution in [3.05, 3.63) is 5.21 Å². The Morgan fingerprint density at radius 2 is 2.08 bits per heavy atom. The van der Waals surface area contributed by atoms with E-state index < -0.39 is 6.10 Å². The first-order valence-electron chi connectivity index (χ1n) is 4.34. The van der Waals surface area contributed by atoms with Crippen LogP contribution in [0.3, 0.4) is 0 Å². The monoisotopic (exact) mass is 191 g/mol. The van der Waals surface area contributed by atoms with E-state index in [1.165, 1.54) is 5.01 Å². The third-order valence-corrected chi connectivity index (χ3v) is 1.42. The Bertz CT molecular complexity index is 157. The Hall–Kier alpha value is -1.04. The van der Waals surface area contributed by atoms with E-state index in [0.717, 1.165) is 0 Å². The summed E-state index contributed by atoms with van der Waals surface area (Å²) in [5.41, 5.74) is 0. The van der Waals surface area contributed by atoms with Crippen molar-refractivity contribution in [2.45, 2.75) is 26.9 Å². The fourth-order valence-electron chi connectivity index (χ4n) is 0.708. The highest BCUT2D eigenvalue weighted by atomic mass is 16.7. The standard InChI is InChI=1S/C7H17N3O3/c1-4-9(5-2)10(12)8-13-6-7(3)11/h7,11H,4-6H2,1-3H3/b10-8+. The van der Waals surface area contributed by atoms with E-state index in [1.807, 2.05) is 13.8 Å². The van der Waals surface area contributed by atoms with Gasteiger partial charge in [0.1, 0.15) is 6.61 Å². The van der Waals surface area contributed by atoms with Crippen molar-refractivity contribution in [2.75, 3.05) is 19.7 Å². The summed E-state index contributed by atoms with van der Waals surface area (Å²) in [5, 5.41) is 24.6. The molecule has 6 nitrogen and oxygen atoms in total. The summed E-state index contributed by atoms with van der Waals surface area (Å²) in [4.78, 5) is 4.98. The molecule has 13 heavy (non-hydrogen) atoms. The molecule has 0 bridgehead atoms. The molecule has 0 aliphatic rings. The van der Waals surface area contributed by atoms with Gasteiger partial charge in [0.25, 0.3) is 0 Å². The zero-order valence-electron chi connectivity index (χ0n) is 8.30. The van der Waals surface area contributed by atoms with Gasteiger partial charge in [-0.25, -0.2) is 0 Å². The van der Waals surface area contributed by atoms with E-state index in [-0.39, 0.29) is 6.61 Å². The second kappa shape index (κ2) is 6.47. The van der Waals surface area contributed by atoms with Crippen molar-refractivity contribution >= 4 is 0 Å². The van der Waals surface area contributed by atoms with Crippen molar-refractivity contribution in [1.29, 1.82) is 0 Å². The maximum absolute atomic E-state index is 11.1. The molecule has 0 fully saturated rings. The van der Waals surface area contributed by atoms with Gasteiger partial charge in [0.05, 0.1) is 24.2 Å². The lowest BCUT2D eigenvalue weighted by Crippen LogP contribution is -2.30. The summed E-state index contributed by atoms with van der Waals surface area (Å²) in [7, 11) is 0. The fraction of sp³-hybridized carbons (Fsp3) is 1.00. The topological polar surface area (TPSA) is 71.1 Å². The van der Waals surface area contributed by atoms with Gasteiger partial charge >= 0.3 is 0 Å². The maximum atomic E-state index is 11.1. The fourth-order valence-corrected chi connectivity index (χ4v) is 0.708. The SMILES string of the molecule is CCN(CC)/[N+]([O-])=N\OCC(C)O. The van der Waals surface area contributed by atoms with Crippen LogP contribution < -0.4 is 0 Å². The van der Waals surface area contributed by atoms with Gasteiger partial charge in [-0.3, -0.25) is 0 Å². The zero-order valence-corrected chi connectivity index (χ0v) is 8.30. The molecule has 6 heteroatoms. The Morgan fingerprint density at radius 3 is 2.46 bits per heavy atom. The normalized spacial score (nSPS) is 14.0. The molecular formula is C7H17N3O3. The van der Waals surface area contributed by atoms with Gasteiger partial charge in [-0.2, -0.15) is 0 Å². The second-order valence-corrected chi connectivity index (χ2v) is 2.62. The molecule has 1 atom stereocenters. The lowest BCUT2D eigenvalue weighted by molar-refractivity contribution is -0.710. The van der Waals surface area contributed by atoms with Crippen LogP contribution in [0, 0.1) is 5.21 Å². The minimum absolute atomic E-state index is 0.0278. The smallest absolute Gasteiger partial charge is 0.233 e. The van der Waals surface area contributed by atoms with Gasteiger partial charge in [0.2, 0.25) is 5.28 Å². The second-order valence-electron chi connectivity index (χ2n) is 2.62. The third-order valence-electron chi connectivity index (χ3n) is 1.42. The van der Waals surface area contributed by atoms with Crippen LogP contribution in [0.25, 0.3) is 0 Å². The van der Waals surface area contributed by atoms with Crippen LogP contribution in [0.15, 0.2) is 5.28 Å². The number of nitrogens with zero attached hydrogens (tertiary/aromatic N) is 3. The molecule has 0 aliphatic heterocycles. The minimum Gasteiger partial charge on any atom is -0.569 e. The van der Waals surface area contributed by atoms with E-state index in [1.54, 1.807) is 6.92 Å². The predicted molar refractivity (Wildman–Crippen MR) is 46.6 cm³/mol. The highest BCUT2D eigenvalue weighted by molar-refractivity contribution is 4.37. The average Bonchev–Trinajstić information content (AvgIpc) is 2.05. The number of hydrogen-bond acceptors (Lipinski definition) is 4. The first-order valence-corrected chi connectivity index (χ1v) is 4.34. The quantitative estimate of drug-likeness (QED) is 0.377. The molecule has 0 aromatic carbocycles. The Labute approximate surface area is 77.9 Å². The Morgan fingerprint density at radius 1 is 1.54 bits per heavy atom. The Balaban J connectivity index is 3.85. The lowest BCUT2D eigenvalue weighted by Gasteiger charge is -2.13. The molecular weight excluding hydrogens is 174 g/mol. The molecule has 0 saturated carbocycles. The summed E-state index contributed by atoms with van der Waals surface area (Å²) < 4.78 is 0. The maximum Gasteiger partial charge on any atom is 0.233 e. The highest BCUT2D eigenvalue weighted by Gasteiger charge is 2.06. The number of rotatable bonds is 6. The van der Waals surface area contributed by atoms with Gasteiger partial charge in [-0.05, 0) is 20.8 Å². The van der Waals surface area contributed by atoms with Crippen LogP contribution >= 0.6 is 0 Å². The number of hydrogen-bond donors (Lipinski definition) is 1.